The topological polar surface area (TPSA) is 75.4 Å². The van der Waals surface area contributed by atoms with Gasteiger partial charge in [-0.2, -0.15) is 0 Å². The van der Waals surface area contributed by atoms with Gasteiger partial charge in [-0.3, -0.25) is 10.1 Å². The minimum atomic E-state index is -0.776. The molecular formula is C13H14N2O3. The summed E-state index contributed by atoms with van der Waals surface area (Å²) in [4.78, 5) is 15.1. The number of aromatic nitrogens is 1. The van der Waals surface area contributed by atoms with E-state index in [9.17, 15) is 4.79 Å². The van der Waals surface area contributed by atoms with E-state index in [0.29, 0.717) is 6.42 Å². The number of hydrogen-bond acceptors (Lipinski definition) is 4. The molecule has 1 aliphatic rings. The van der Waals surface area contributed by atoms with Crippen molar-refractivity contribution in [1.82, 2.24) is 10.3 Å². The van der Waals surface area contributed by atoms with Crippen molar-refractivity contribution in [1.29, 1.82) is 0 Å². The highest BCUT2D eigenvalue weighted by atomic mass is 16.4. The number of nitrogens with zero attached hydrogens (tertiary/aromatic N) is 1. The summed E-state index contributed by atoms with van der Waals surface area (Å²) in [6.45, 7) is 0. The average Bonchev–Trinajstić information content (AvgIpc) is 2.86. The molecule has 0 saturated carbocycles. The SMILES string of the molecule is O=C(O)C1CCCC(c2ccc3ocnc3c2)N1. The van der Waals surface area contributed by atoms with Gasteiger partial charge in [0.15, 0.2) is 12.0 Å². The van der Waals surface area contributed by atoms with E-state index in [2.05, 4.69) is 10.3 Å². The lowest BCUT2D eigenvalue weighted by Crippen LogP contribution is -2.42. The molecule has 1 aromatic heterocycles. The Balaban J connectivity index is 1.86. The lowest BCUT2D eigenvalue weighted by atomic mass is 9.93. The molecule has 2 heterocycles. The first-order valence-electron chi connectivity index (χ1n) is 6.06. The van der Waals surface area contributed by atoms with Crippen LogP contribution in [0.3, 0.4) is 0 Å². The lowest BCUT2D eigenvalue weighted by molar-refractivity contribution is -0.140. The molecular weight excluding hydrogens is 232 g/mol. The number of nitrogens with one attached hydrogen (secondary N) is 1. The van der Waals surface area contributed by atoms with Gasteiger partial charge in [0.2, 0.25) is 0 Å². The third-order valence-electron chi connectivity index (χ3n) is 3.44. The number of carboxylic acid groups (broad SMARTS) is 1. The highest BCUT2D eigenvalue weighted by Crippen LogP contribution is 2.27. The van der Waals surface area contributed by atoms with E-state index in [-0.39, 0.29) is 6.04 Å². The molecule has 94 valence electrons. The van der Waals surface area contributed by atoms with E-state index in [1.54, 1.807) is 0 Å². The Labute approximate surface area is 104 Å². The van der Waals surface area contributed by atoms with Gasteiger partial charge in [0.1, 0.15) is 11.6 Å². The van der Waals surface area contributed by atoms with Crippen LogP contribution in [0.5, 0.6) is 0 Å². The number of rotatable bonds is 2. The summed E-state index contributed by atoms with van der Waals surface area (Å²) in [6, 6.07) is 5.44. The number of carbonyl (C=O) groups is 1. The van der Waals surface area contributed by atoms with Gasteiger partial charge in [0.05, 0.1) is 0 Å². The Morgan fingerprint density at radius 1 is 1.44 bits per heavy atom. The van der Waals surface area contributed by atoms with Gasteiger partial charge >= 0.3 is 5.97 Å². The zero-order chi connectivity index (χ0) is 12.5. The third kappa shape index (κ3) is 1.97. The number of aliphatic carboxylic acids is 1. The maximum absolute atomic E-state index is 11.0. The average molecular weight is 246 g/mol. The molecule has 1 saturated heterocycles. The molecule has 0 spiro atoms. The maximum atomic E-state index is 11.0. The van der Waals surface area contributed by atoms with Crippen molar-refractivity contribution in [2.24, 2.45) is 0 Å². The van der Waals surface area contributed by atoms with Crippen molar-refractivity contribution in [2.75, 3.05) is 0 Å². The fraction of sp³-hybridized carbons (Fsp3) is 0.385. The summed E-state index contributed by atoms with van der Waals surface area (Å²) in [5.41, 5.74) is 2.64. The number of carboxylic acids is 1. The summed E-state index contributed by atoms with van der Waals surface area (Å²) in [7, 11) is 0. The second-order valence-electron chi connectivity index (χ2n) is 4.62. The number of oxazole rings is 1. The van der Waals surface area contributed by atoms with E-state index < -0.39 is 12.0 Å². The molecule has 0 amide bonds. The number of benzene rings is 1. The third-order valence-corrected chi connectivity index (χ3v) is 3.44. The van der Waals surface area contributed by atoms with Gasteiger partial charge < -0.3 is 9.52 Å². The fourth-order valence-electron chi connectivity index (χ4n) is 2.48. The van der Waals surface area contributed by atoms with Crippen LogP contribution in [0.2, 0.25) is 0 Å². The minimum Gasteiger partial charge on any atom is -0.480 e. The molecule has 0 bridgehead atoms. The van der Waals surface area contributed by atoms with Gasteiger partial charge in [-0.1, -0.05) is 6.07 Å². The zero-order valence-corrected chi connectivity index (χ0v) is 9.80. The molecule has 5 nitrogen and oxygen atoms in total. The summed E-state index contributed by atoms with van der Waals surface area (Å²) in [5, 5.41) is 12.2. The van der Waals surface area contributed by atoms with E-state index in [1.165, 1.54) is 6.39 Å². The van der Waals surface area contributed by atoms with Gasteiger partial charge in [0, 0.05) is 6.04 Å². The summed E-state index contributed by atoms with van der Waals surface area (Å²) in [6.07, 6.45) is 3.99. The minimum absolute atomic E-state index is 0.0842. The standard InChI is InChI=1S/C13H14N2O3/c16-13(17)10-3-1-2-9(15-10)8-4-5-12-11(6-8)14-7-18-12/h4-7,9-10,15H,1-3H2,(H,16,17). The van der Waals surface area contributed by atoms with Crippen LogP contribution in [-0.2, 0) is 4.79 Å². The van der Waals surface area contributed by atoms with Crippen molar-refractivity contribution in [3.63, 3.8) is 0 Å². The molecule has 2 N–H and O–H groups in total. The van der Waals surface area contributed by atoms with Gasteiger partial charge in [-0.25, -0.2) is 4.98 Å². The van der Waals surface area contributed by atoms with Gasteiger partial charge in [0.25, 0.3) is 0 Å². The van der Waals surface area contributed by atoms with Crippen LogP contribution < -0.4 is 5.32 Å². The van der Waals surface area contributed by atoms with Crippen LogP contribution in [0.4, 0.5) is 0 Å². The van der Waals surface area contributed by atoms with Crippen LogP contribution in [0.1, 0.15) is 30.9 Å². The molecule has 2 atom stereocenters. The fourth-order valence-corrected chi connectivity index (χ4v) is 2.48. The molecule has 2 aromatic rings. The molecule has 0 radical (unpaired) electrons. The summed E-state index contributed by atoms with van der Waals surface area (Å²) < 4.78 is 5.19. The molecule has 1 fully saturated rings. The number of fused-ring (bicyclic) bond motifs is 1. The van der Waals surface area contributed by atoms with Crippen molar-refractivity contribution < 1.29 is 14.3 Å². The molecule has 18 heavy (non-hydrogen) atoms. The predicted octanol–water partition coefficient (Wildman–Crippen LogP) is 2.10. The largest absolute Gasteiger partial charge is 0.480 e. The predicted molar refractivity (Wildman–Crippen MR) is 65.2 cm³/mol. The quantitative estimate of drug-likeness (QED) is 0.848. The van der Waals surface area contributed by atoms with Crippen LogP contribution in [0.15, 0.2) is 29.0 Å². The Morgan fingerprint density at radius 3 is 3.17 bits per heavy atom. The Hall–Kier alpha value is -1.88. The highest BCUT2D eigenvalue weighted by molar-refractivity contribution is 5.74. The zero-order valence-electron chi connectivity index (χ0n) is 9.80. The molecule has 1 aliphatic heterocycles. The van der Waals surface area contributed by atoms with Crippen molar-refractivity contribution in [2.45, 2.75) is 31.3 Å². The first kappa shape index (κ1) is 11.2. The molecule has 2 unspecified atom stereocenters. The second-order valence-corrected chi connectivity index (χ2v) is 4.62. The van der Waals surface area contributed by atoms with Crippen molar-refractivity contribution >= 4 is 17.1 Å². The Morgan fingerprint density at radius 2 is 2.33 bits per heavy atom. The number of hydrogen-bond donors (Lipinski definition) is 2. The maximum Gasteiger partial charge on any atom is 0.320 e. The first-order chi connectivity index (χ1) is 8.74. The summed E-state index contributed by atoms with van der Waals surface area (Å²) in [5.74, 6) is -0.776. The molecule has 1 aromatic carbocycles. The molecule has 3 rings (SSSR count). The molecule has 0 aliphatic carbocycles. The lowest BCUT2D eigenvalue weighted by Gasteiger charge is -2.28. The van der Waals surface area contributed by atoms with Crippen LogP contribution in [0, 0.1) is 0 Å². The van der Waals surface area contributed by atoms with Gasteiger partial charge in [-0.15, -0.1) is 0 Å². The Kier molecular flexibility index (Phi) is 2.76. The summed E-state index contributed by atoms with van der Waals surface area (Å²) >= 11 is 0. The van der Waals surface area contributed by atoms with Crippen molar-refractivity contribution in [3.05, 3.63) is 30.2 Å². The highest BCUT2D eigenvalue weighted by Gasteiger charge is 2.26. The number of piperidine rings is 1. The second kappa shape index (κ2) is 4.42. The Bertz CT molecular complexity index is 578. The van der Waals surface area contributed by atoms with E-state index in [1.807, 2.05) is 18.2 Å². The van der Waals surface area contributed by atoms with E-state index in [4.69, 9.17) is 9.52 Å². The van der Waals surface area contributed by atoms with Gasteiger partial charge in [-0.05, 0) is 37.0 Å². The smallest absolute Gasteiger partial charge is 0.320 e. The van der Waals surface area contributed by atoms with Crippen molar-refractivity contribution in [3.8, 4) is 0 Å². The normalized spacial score (nSPS) is 24.2. The van der Waals surface area contributed by atoms with E-state index >= 15 is 0 Å². The molecule has 5 heteroatoms. The monoisotopic (exact) mass is 246 g/mol. The van der Waals surface area contributed by atoms with Crippen LogP contribution in [-0.4, -0.2) is 22.1 Å². The van der Waals surface area contributed by atoms with Crippen LogP contribution in [0.25, 0.3) is 11.1 Å². The van der Waals surface area contributed by atoms with Crippen LogP contribution >= 0.6 is 0 Å². The first-order valence-corrected chi connectivity index (χ1v) is 6.06. The van der Waals surface area contributed by atoms with E-state index in [0.717, 1.165) is 29.5 Å².